The van der Waals surface area contributed by atoms with Crippen LogP contribution in [0.1, 0.15) is 37.6 Å². The molecule has 1 aromatic carbocycles. The second-order valence-corrected chi connectivity index (χ2v) is 5.60. The molecular weight excluding hydrogens is 238 g/mol. The average Bonchev–Trinajstić information content (AvgIpc) is 2.44. The van der Waals surface area contributed by atoms with E-state index in [0.29, 0.717) is 17.5 Å². The molecular formula is C16H23NO2. The predicted octanol–water partition coefficient (Wildman–Crippen LogP) is 3.34. The minimum absolute atomic E-state index is 0.278. The van der Waals surface area contributed by atoms with Crippen LogP contribution >= 0.6 is 0 Å². The fourth-order valence-corrected chi connectivity index (χ4v) is 2.84. The van der Waals surface area contributed by atoms with Gasteiger partial charge in [-0.1, -0.05) is 13.8 Å². The second kappa shape index (κ2) is 5.64. The molecule has 0 aliphatic carbocycles. The van der Waals surface area contributed by atoms with Crippen molar-refractivity contribution in [2.75, 3.05) is 18.6 Å². The van der Waals surface area contributed by atoms with Crippen molar-refractivity contribution in [1.29, 1.82) is 0 Å². The Morgan fingerprint density at radius 3 is 2.42 bits per heavy atom. The van der Waals surface area contributed by atoms with Gasteiger partial charge in [0.25, 0.3) is 0 Å². The Kier molecular flexibility index (Phi) is 4.13. The first-order valence-corrected chi connectivity index (χ1v) is 6.99. The Bertz CT molecular complexity index is 441. The summed E-state index contributed by atoms with van der Waals surface area (Å²) in [7, 11) is 1.41. The van der Waals surface area contributed by atoms with Crippen molar-refractivity contribution in [1.82, 2.24) is 0 Å². The minimum Gasteiger partial charge on any atom is -0.465 e. The number of hydrogen-bond donors (Lipinski definition) is 0. The second-order valence-electron chi connectivity index (χ2n) is 5.60. The molecule has 0 bridgehead atoms. The van der Waals surface area contributed by atoms with Gasteiger partial charge in [-0.05, 0) is 49.4 Å². The molecule has 0 spiro atoms. The van der Waals surface area contributed by atoms with Crippen molar-refractivity contribution >= 4 is 11.7 Å². The topological polar surface area (TPSA) is 29.5 Å². The van der Waals surface area contributed by atoms with Crippen LogP contribution in [0.4, 0.5) is 5.69 Å². The average molecular weight is 261 g/mol. The van der Waals surface area contributed by atoms with E-state index in [2.05, 4.69) is 25.7 Å². The lowest BCUT2D eigenvalue weighted by molar-refractivity contribution is 0.0601. The van der Waals surface area contributed by atoms with Crippen LogP contribution in [0.3, 0.4) is 0 Å². The van der Waals surface area contributed by atoms with Crippen LogP contribution in [0.2, 0.25) is 0 Å². The first-order chi connectivity index (χ1) is 9.04. The van der Waals surface area contributed by atoms with E-state index in [-0.39, 0.29) is 5.97 Å². The lowest BCUT2D eigenvalue weighted by atomic mass is 9.82. The zero-order valence-corrected chi connectivity index (χ0v) is 12.2. The standard InChI is InChI=1S/C16H23NO2/c1-11-9-10-17(13(3)12(11)2)15-7-5-14(6-8-15)16(18)19-4/h5-8,11-13H,9-10H2,1-4H3. The summed E-state index contributed by atoms with van der Waals surface area (Å²) in [5.74, 6) is 1.19. The minimum atomic E-state index is -0.278. The molecule has 0 radical (unpaired) electrons. The zero-order valence-electron chi connectivity index (χ0n) is 12.2. The van der Waals surface area contributed by atoms with Crippen molar-refractivity contribution in [3.8, 4) is 0 Å². The van der Waals surface area contributed by atoms with Gasteiger partial charge >= 0.3 is 5.97 Å². The van der Waals surface area contributed by atoms with Crippen LogP contribution in [0.5, 0.6) is 0 Å². The highest BCUT2D eigenvalue weighted by molar-refractivity contribution is 5.89. The smallest absolute Gasteiger partial charge is 0.337 e. The molecule has 0 N–H and O–H groups in total. The molecule has 104 valence electrons. The number of hydrogen-bond acceptors (Lipinski definition) is 3. The van der Waals surface area contributed by atoms with Crippen LogP contribution in [-0.4, -0.2) is 25.7 Å². The Morgan fingerprint density at radius 1 is 1.21 bits per heavy atom. The summed E-state index contributed by atoms with van der Waals surface area (Å²) < 4.78 is 4.72. The SMILES string of the molecule is COC(=O)c1ccc(N2CCC(C)C(C)C2C)cc1. The summed E-state index contributed by atoms with van der Waals surface area (Å²) in [5, 5.41) is 0. The van der Waals surface area contributed by atoms with E-state index in [9.17, 15) is 4.79 Å². The molecule has 1 fully saturated rings. The number of esters is 1. The van der Waals surface area contributed by atoms with E-state index in [0.717, 1.165) is 12.5 Å². The van der Waals surface area contributed by atoms with Crippen molar-refractivity contribution in [3.63, 3.8) is 0 Å². The number of benzene rings is 1. The summed E-state index contributed by atoms with van der Waals surface area (Å²) in [4.78, 5) is 13.9. The first kappa shape index (κ1) is 13.9. The van der Waals surface area contributed by atoms with Crippen LogP contribution in [0, 0.1) is 11.8 Å². The van der Waals surface area contributed by atoms with Crippen LogP contribution < -0.4 is 4.90 Å². The van der Waals surface area contributed by atoms with Crippen molar-refractivity contribution in [3.05, 3.63) is 29.8 Å². The van der Waals surface area contributed by atoms with Gasteiger partial charge in [-0.2, -0.15) is 0 Å². The summed E-state index contributed by atoms with van der Waals surface area (Å²) >= 11 is 0. The first-order valence-electron chi connectivity index (χ1n) is 6.99. The molecule has 1 aliphatic heterocycles. The van der Waals surface area contributed by atoms with Gasteiger partial charge in [-0.15, -0.1) is 0 Å². The van der Waals surface area contributed by atoms with Crippen molar-refractivity contribution in [2.24, 2.45) is 11.8 Å². The third-order valence-corrected chi connectivity index (χ3v) is 4.60. The van der Waals surface area contributed by atoms with E-state index in [4.69, 9.17) is 4.74 Å². The molecule has 3 unspecified atom stereocenters. The lowest BCUT2D eigenvalue weighted by Gasteiger charge is -2.43. The lowest BCUT2D eigenvalue weighted by Crippen LogP contribution is -2.45. The molecule has 0 amide bonds. The third kappa shape index (κ3) is 2.75. The quantitative estimate of drug-likeness (QED) is 0.765. The number of nitrogens with zero attached hydrogens (tertiary/aromatic N) is 1. The molecule has 1 saturated heterocycles. The fraction of sp³-hybridized carbons (Fsp3) is 0.562. The summed E-state index contributed by atoms with van der Waals surface area (Å²) in [6.07, 6.45) is 1.23. The van der Waals surface area contributed by atoms with E-state index >= 15 is 0 Å². The maximum Gasteiger partial charge on any atom is 0.337 e. The maximum absolute atomic E-state index is 11.4. The normalized spacial score (nSPS) is 27.2. The third-order valence-electron chi connectivity index (χ3n) is 4.60. The monoisotopic (exact) mass is 261 g/mol. The Hall–Kier alpha value is -1.51. The molecule has 1 heterocycles. The van der Waals surface area contributed by atoms with Crippen LogP contribution in [-0.2, 0) is 4.74 Å². The van der Waals surface area contributed by atoms with Gasteiger partial charge in [-0.25, -0.2) is 4.79 Å². The number of carbonyl (C=O) groups excluding carboxylic acids is 1. The largest absolute Gasteiger partial charge is 0.465 e. The van der Waals surface area contributed by atoms with E-state index in [1.54, 1.807) is 0 Å². The maximum atomic E-state index is 11.4. The summed E-state index contributed by atoms with van der Waals surface area (Å²) in [6, 6.07) is 8.26. The van der Waals surface area contributed by atoms with Gasteiger partial charge in [0.1, 0.15) is 0 Å². The van der Waals surface area contributed by atoms with Crippen LogP contribution in [0.25, 0.3) is 0 Å². The molecule has 1 aromatic rings. The van der Waals surface area contributed by atoms with Gasteiger partial charge < -0.3 is 9.64 Å². The summed E-state index contributed by atoms with van der Waals surface area (Å²) in [5.41, 5.74) is 1.80. The van der Waals surface area contributed by atoms with E-state index < -0.39 is 0 Å². The number of piperidine rings is 1. The van der Waals surface area contributed by atoms with E-state index in [1.165, 1.54) is 19.2 Å². The molecule has 3 atom stereocenters. The Labute approximate surface area is 115 Å². The fourth-order valence-electron chi connectivity index (χ4n) is 2.84. The van der Waals surface area contributed by atoms with Gasteiger partial charge in [-0.3, -0.25) is 0 Å². The number of carbonyl (C=O) groups is 1. The Morgan fingerprint density at radius 2 is 1.84 bits per heavy atom. The predicted molar refractivity (Wildman–Crippen MR) is 77.5 cm³/mol. The number of rotatable bonds is 2. The van der Waals surface area contributed by atoms with Gasteiger partial charge in [0.05, 0.1) is 12.7 Å². The Balaban J connectivity index is 2.16. The number of methoxy groups -OCH3 is 1. The van der Waals surface area contributed by atoms with Gasteiger partial charge in [0, 0.05) is 18.3 Å². The van der Waals surface area contributed by atoms with Crippen molar-refractivity contribution < 1.29 is 9.53 Å². The molecule has 1 aliphatic rings. The zero-order chi connectivity index (χ0) is 14.0. The number of ether oxygens (including phenoxy) is 1. The summed E-state index contributed by atoms with van der Waals surface area (Å²) in [6.45, 7) is 8.03. The molecule has 0 saturated carbocycles. The highest BCUT2D eigenvalue weighted by Crippen LogP contribution is 2.32. The number of anilines is 1. The highest BCUT2D eigenvalue weighted by atomic mass is 16.5. The molecule has 3 heteroatoms. The molecule has 3 nitrogen and oxygen atoms in total. The van der Waals surface area contributed by atoms with Crippen molar-refractivity contribution in [2.45, 2.75) is 33.2 Å². The highest BCUT2D eigenvalue weighted by Gasteiger charge is 2.29. The van der Waals surface area contributed by atoms with E-state index in [1.807, 2.05) is 24.3 Å². The molecule has 0 aromatic heterocycles. The van der Waals surface area contributed by atoms with Crippen LogP contribution in [0.15, 0.2) is 24.3 Å². The van der Waals surface area contributed by atoms with Gasteiger partial charge in [0.15, 0.2) is 0 Å². The molecule has 2 rings (SSSR count). The van der Waals surface area contributed by atoms with Gasteiger partial charge in [0.2, 0.25) is 0 Å². The molecule has 19 heavy (non-hydrogen) atoms.